The molecule has 1 aliphatic rings. The standard InChI is InChI=1S/C10H22N2O3S/c1-9(2)11-16(14,15)12-7-4-5-10(3,13)6-8-12/h9,11,13H,4-8H2,1-3H3. The van der Waals surface area contributed by atoms with E-state index in [-0.39, 0.29) is 6.04 Å². The molecular formula is C10H22N2O3S. The molecule has 1 heterocycles. The van der Waals surface area contributed by atoms with Gasteiger partial charge in [-0.3, -0.25) is 0 Å². The summed E-state index contributed by atoms with van der Waals surface area (Å²) < 4.78 is 27.8. The van der Waals surface area contributed by atoms with Crippen LogP contribution >= 0.6 is 0 Å². The highest BCUT2D eigenvalue weighted by molar-refractivity contribution is 7.87. The minimum atomic E-state index is -3.38. The smallest absolute Gasteiger partial charge is 0.279 e. The highest BCUT2D eigenvalue weighted by Crippen LogP contribution is 2.22. The van der Waals surface area contributed by atoms with Gasteiger partial charge in [-0.25, -0.2) is 0 Å². The molecular weight excluding hydrogens is 228 g/mol. The summed E-state index contributed by atoms with van der Waals surface area (Å²) in [6, 6.07) is -0.103. The Morgan fingerprint density at radius 1 is 1.31 bits per heavy atom. The number of nitrogens with zero attached hydrogens (tertiary/aromatic N) is 1. The fourth-order valence-electron chi connectivity index (χ4n) is 1.85. The summed E-state index contributed by atoms with van der Waals surface area (Å²) in [6.07, 6.45) is 1.85. The van der Waals surface area contributed by atoms with E-state index in [2.05, 4.69) is 4.72 Å². The second kappa shape index (κ2) is 5.00. The SMILES string of the molecule is CC(C)NS(=O)(=O)N1CCCC(C)(O)CC1. The molecule has 16 heavy (non-hydrogen) atoms. The highest BCUT2D eigenvalue weighted by Gasteiger charge is 2.30. The fourth-order valence-corrected chi connectivity index (χ4v) is 3.30. The molecule has 1 aliphatic heterocycles. The van der Waals surface area contributed by atoms with Crippen LogP contribution in [0.3, 0.4) is 0 Å². The number of hydrogen-bond donors (Lipinski definition) is 2. The van der Waals surface area contributed by atoms with Crippen LogP contribution in [0.1, 0.15) is 40.0 Å². The second-order valence-electron chi connectivity index (χ2n) is 5.03. The summed E-state index contributed by atoms with van der Waals surface area (Å²) in [4.78, 5) is 0. The van der Waals surface area contributed by atoms with E-state index in [1.165, 1.54) is 4.31 Å². The number of rotatable bonds is 3. The molecule has 96 valence electrons. The van der Waals surface area contributed by atoms with Gasteiger partial charge in [0.05, 0.1) is 5.60 Å². The molecule has 1 fully saturated rings. The van der Waals surface area contributed by atoms with Gasteiger partial charge in [-0.2, -0.15) is 17.4 Å². The summed E-state index contributed by atoms with van der Waals surface area (Å²) in [5.41, 5.74) is -0.734. The Hall–Kier alpha value is -0.170. The van der Waals surface area contributed by atoms with Crippen LogP contribution in [0.25, 0.3) is 0 Å². The zero-order valence-electron chi connectivity index (χ0n) is 10.2. The number of nitrogens with one attached hydrogen (secondary N) is 1. The number of aliphatic hydroxyl groups is 1. The molecule has 1 unspecified atom stereocenters. The van der Waals surface area contributed by atoms with Gasteiger partial charge >= 0.3 is 0 Å². The first-order valence-corrected chi connectivity index (χ1v) is 7.17. The lowest BCUT2D eigenvalue weighted by Crippen LogP contribution is -2.44. The van der Waals surface area contributed by atoms with Gasteiger partial charge in [0.2, 0.25) is 0 Å². The third-order valence-corrected chi connectivity index (χ3v) is 4.56. The Balaban J connectivity index is 2.68. The first kappa shape index (κ1) is 13.9. The van der Waals surface area contributed by atoms with Crippen molar-refractivity contribution in [1.82, 2.24) is 9.03 Å². The van der Waals surface area contributed by atoms with E-state index in [1.54, 1.807) is 20.8 Å². The molecule has 0 saturated carbocycles. The van der Waals surface area contributed by atoms with Crippen LogP contribution in [0.4, 0.5) is 0 Å². The van der Waals surface area contributed by atoms with E-state index in [0.29, 0.717) is 32.4 Å². The summed E-state index contributed by atoms with van der Waals surface area (Å²) in [6.45, 7) is 6.23. The Labute approximate surface area is 98.0 Å². The van der Waals surface area contributed by atoms with E-state index < -0.39 is 15.8 Å². The zero-order valence-corrected chi connectivity index (χ0v) is 11.0. The quantitative estimate of drug-likeness (QED) is 0.765. The normalized spacial score (nSPS) is 29.3. The summed E-state index contributed by atoms with van der Waals surface area (Å²) >= 11 is 0. The zero-order chi connectivity index (χ0) is 12.4. The van der Waals surface area contributed by atoms with E-state index in [9.17, 15) is 13.5 Å². The number of hydrogen-bond acceptors (Lipinski definition) is 3. The van der Waals surface area contributed by atoms with Gasteiger partial charge in [0.15, 0.2) is 0 Å². The van der Waals surface area contributed by atoms with Gasteiger partial charge < -0.3 is 5.11 Å². The van der Waals surface area contributed by atoms with E-state index in [1.807, 2.05) is 0 Å². The molecule has 0 spiro atoms. The Bertz CT molecular complexity index is 325. The molecule has 6 heteroatoms. The van der Waals surface area contributed by atoms with Crippen molar-refractivity contribution in [3.8, 4) is 0 Å². The summed E-state index contributed by atoms with van der Waals surface area (Å²) in [5, 5.41) is 9.88. The maximum Gasteiger partial charge on any atom is 0.279 e. The Morgan fingerprint density at radius 2 is 1.94 bits per heavy atom. The van der Waals surface area contributed by atoms with Gasteiger partial charge in [0, 0.05) is 19.1 Å². The first-order chi connectivity index (χ1) is 7.23. The van der Waals surface area contributed by atoms with Gasteiger partial charge in [-0.15, -0.1) is 0 Å². The van der Waals surface area contributed by atoms with Crippen LogP contribution in [-0.4, -0.2) is 42.6 Å². The van der Waals surface area contributed by atoms with Crippen molar-refractivity contribution in [2.24, 2.45) is 0 Å². The largest absolute Gasteiger partial charge is 0.390 e. The molecule has 0 aromatic carbocycles. The molecule has 1 atom stereocenters. The minimum absolute atomic E-state index is 0.103. The molecule has 1 saturated heterocycles. The molecule has 0 aromatic heterocycles. The first-order valence-electron chi connectivity index (χ1n) is 5.73. The predicted molar refractivity (Wildman–Crippen MR) is 63.2 cm³/mol. The lowest BCUT2D eigenvalue weighted by atomic mass is 9.98. The van der Waals surface area contributed by atoms with Crippen LogP contribution in [0, 0.1) is 0 Å². The van der Waals surface area contributed by atoms with Crippen molar-refractivity contribution in [3.63, 3.8) is 0 Å². The predicted octanol–water partition coefficient (Wildman–Crippen LogP) is 0.466. The molecule has 0 aliphatic carbocycles. The van der Waals surface area contributed by atoms with Gasteiger partial charge in [0.25, 0.3) is 10.2 Å². The van der Waals surface area contributed by atoms with Gasteiger partial charge in [-0.05, 0) is 40.0 Å². The molecule has 0 bridgehead atoms. The lowest BCUT2D eigenvalue weighted by molar-refractivity contribution is 0.0465. The van der Waals surface area contributed by atoms with Crippen molar-refractivity contribution in [2.75, 3.05) is 13.1 Å². The topological polar surface area (TPSA) is 69.6 Å². The molecule has 2 N–H and O–H groups in total. The molecule has 1 rings (SSSR count). The van der Waals surface area contributed by atoms with Crippen molar-refractivity contribution < 1.29 is 13.5 Å². The van der Waals surface area contributed by atoms with E-state index >= 15 is 0 Å². The van der Waals surface area contributed by atoms with E-state index in [0.717, 1.165) is 0 Å². The van der Waals surface area contributed by atoms with Crippen molar-refractivity contribution in [2.45, 2.75) is 51.7 Å². The van der Waals surface area contributed by atoms with Crippen molar-refractivity contribution >= 4 is 10.2 Å². The third-order valence-electron chi connectivity index (χ3n) is 2.75. The lowest BCUT2D eigenvalue weighted by Gasteiger charge is -2.23. The van der Waals surface area contributed by atoms with Crippen LogP contribution in [0.5, 0.6) is 0 Å². The van der Waals surface area contributed by atoms with Crippen LogP contribution in [0.2, 0.25) is 0 Å². The average Bonchev–Trinajstić information content (AvgIpc) is 2.24. The van der Waals surface area contributed by atoms with Crippen LogP contribution in [0.15, 0.2) is 0 Å². The van der Waals surface area contributed by atoms with Crippen LogP contribution < -0.4 is 4.72 Å². The Kier molecular flexibility index (Phi) is 4.34. The van der Waals surface area contributed by atoms with Gasteiger partial charge in [-0.1, -0.05) is 0 Å². The van der Waals surface area contributed by atoms with Crippen LogP contribution in [-0.2, 0) is 10.2 Å². The minimum Gasteiger partial charge on any atom is -0.390 e. The average molecular weight is 250 g/mol. The second-order valence-corrected chi connectivity index (χ2v) is 6.73. The summed E-state index contributed by atoms with van der Waals surface area (Å²) in [5.74, 6) is 0. The van der Waals surface area contributed by atoms with Crippen molar-refractivity contribution in [1.29, 1.82) is 0 Å². The van der Waals surface area contributed by atoms with E-state index in [4.69, 9.17) is 0 Å². The molecule has 0 radical (unpaired) electrons. The molecule has 5 nitrogen and oxygen atoms in total. The van der Waals surface area contributed by atoms with Gasteiger partial charge in [0.1, 0.15) is 0 Å². The maximum atomic E-state index is 11.9. The summed E-state index contributed by atoms with van der Waals surface area (Å²) in [7, 11) is -3.38. The molecule has 0 amide bonds. The highest BCUT2D eigenvalue weighted by atomic mass is 32.2. The maximum absolute atomic E-state index is 11.9. The van der Waals surface area contributed by atoms with Crippen molar-refractivity contribution in [3.05, 3.63) is 0 Å². The fraction of sp³-hybridized carbons (Fsp3) is 1.00. The third kappa shape index (κ3) is 4.01. The monoisotopic (exact) mass is 250 g/mol. The Morgan fingerprint density at radius 3 is 2.50 bits per heavy atom. The molecule has 0 aromatic rings.